The van der Waals surface area contributed by atoms with E-state index in [1.165, 1.54) is 5.56 Å². The molecule has 1 aliphatic carbocycles. The Morgan fingerprint density at radius 3 is 3.00 bits per heavy atom. The molecule has 1 heterocycles. The second-order valence-corrected chi connectivity index (χ2v) is 7.14. The van der Waals surface area contributed by atoms with Gasteiger partial charge in [-0.25, -0.2) is 13.1 Å². The first-order chi connectivity index (χ1) is 9.60. The van der Waals surface area contributed by atoms with E-state index < -0.39 is 10.0 Å². The summed E-state index contributed by atoms with van der Waals surface area (Å²) in [5.74, 6) is 0. The lowest BCUT2D eigenvalue weighted by molar-refractivity contribution is 0.0916. The highest BCUT2D eigenvalue weighted by Gasteiger charge is 2.31. The molecule has 1 aromatic carbocycles. The van der Waals surface area contributed by atoms with Crippen LogP contribution in [0.15, 0.2) is 23.1 Å². The predicted molar refractivity (Wildman–Crippen MR) is 77.4 cm³/mol. The normalized spacial score (nSPS) is 25.4. The van der Waals surface area contributed by atoms with Crippen LogP contribution in [0.25, 0.3) is 0 Å². The van der Waals surface area contributed by atoms with Crippen LogP contribution >= 0.6 is 0 Å². The number of hydrogen-bond acceptors (Lipinski definition) is 4. The van der Waals surface area contributed by atoms with Crippen molar-refractivity contribution in [2.45, 2.75) is 42.7 Å². The van der Waals surface area contributed by atoms with E-state index in [0.717, 1.165) is 37.9 Å². The van der Waals surface area contributed by atoms with E-state index in [1.54, 1.807) is 19.2 Å². The summed E-state index contributed by atoms with van der Waals surface area (Å²) in [5, 5.41) is 3.21. The molecule has 1 fully saturated rings. The number of benzene rings is 1. The van der Waals surface area contributed by atoms with Gasteiger partial charge in [-0.15, -0.1) is 0 Å². The Kier molecular flexibility index (Phi) is 3.70. The number of fused-ring (bicyclic) bond motifs is 1. The molecule has 0 radical (unpaired) electrons. The molecule has 6 heteroatoms. The summed E-state index contributed by atoms with van der Waals surface area (Å²) < 4.78 is 33.0. The Bertz CT molecular complexity index is 600. The van der Waals surface area contributed by atoms with Crippen molar-refractivity contribution in [2.24, 2.45) is 0 Å². The average Bonchev–Trinajstić information content (AvgIpc) is 3.05. The van der Waals surface area contributed by atoms with Crippen LogP contribution in [0.1, 0.15) is 24.8 Å². The fraction of sp³-hybridized carbons (Fsp3) is 0.571. The summed E-state index contributed by atoms with van der Waals surface area (Å²) in [4.78, 5) is 0.326. The van der Waals surface area contributed by atoms with E-state index in [1.807, 2.05) is 6.07 Å². The molecule has 0 bridgehead atoms. The van der Waals surface area contributed by atoms with Crippen molar-refractivity contribution in [3.05, 3.63) is 23.8 Å². The number of anilines is 1. The zero-order chi connectivity index (χ0) is 14.2. The smallest absolute Gasteiger partial charge is 0.240 e. The first kappa shape index (κ1) is 13.9. The molecular weight excluding hydrogens is 276 g/mol. The van der Waals surface area contributed by atoms with Gasteiger partial charge in [-0.3, -0.25) is 0 Å². The van der Waals surface area contributed by atoms with E-state index in [4.69, 9.17) is 4.74 Å². The third-order valence-electron chi connectivity index (χ3n) is 4.16. The molecule has 5 nitrogen and oxygen atoms in total. The minimum absolute atomic E-state index is 0.0164. The molecule has 2 N–H and O–H groups in total. The number of nitrogens with one attached hydrogen (secondary N) is 2. The molecular formula is C14H20N2O3S. The van der Waals surface area contributed by atoms with E-state index >= 15 is 0 Å². The molecule has 0 aromatic heterocycles. The van der Waals surface area contributed by atoms with Crippen molar-refractivity contribution in [3.8, 4) is 0 Å². The molecule has 1 saturated carbocycles. The zero-order valence-electron chi connectivity index (χ0n) is 11.6. The number of methoxy groups -OCH3 is 1. The zero-order valence-corrected chi connectivity index (χ0v) is 12.4. The number of hydrogen-bond donors (Lipinski definition) is 2. The summed E-state index contributed by atoms with van der Waals surface area (Å²) in [6.45, 7) is 0.876. The molecule has 2 aliphatic rings. The van der Waals surface area contributed by atoms with Crippen molar-refractivity contribution in [1.29, 1.82) is 0 Å². The molecule has 0 saturated heterocycles. The minimum Gasteiger partial charge on any atom is -0.384 e. The van der Waals surface area contributed by atoms with Gasteiger partial charge in [0.1, 0.15) is 0 Å². The molecule has 0 amide bonds. The SMILES string of the molecule is COC1CCCC1NS(=O)(=O)c1ccc2c(c1)NCC2. The van der Waals surface area contributed by atoms with Gasteiger partial charge >= 0.3 is 0 Å². The Morgan fingerprint density at radius 2 is 2.20 bits per heavy atom. The van der Waals surface area contributed by atoms with Crippen molar-refractivity contribution in [3.63, 3.8) is 0 Å². The molecule has 0 spiro atoms. The lowest BCUT2D eigenvalue weighted by Crippen LogP contribution is -2.40. The van der Waals surface area contributed by atoms with Gasteiger partial charge < -0.3 is 10.1 Å². The third-order valence-corrected chi connectivity index (χ3v) is 5.65. The van der Waals surface area contributed by atoms with Gasteiger partial charge in [-0.2, -0.15) is 0 Å². The molecule has 20 heavy (non-hydrogen) atoms. The molecule has 2 unspecified atom stereocenters. The second kappa shape index (κ2) is 5.35. The van der Waals surface area contributed by atoms with E-state index in [9.17, 15) is 8.42 Å². The van der Waals surface area contributed by atoms with Gasteiger partial charge in [0.15, 0.2) is 0 Å². The molecule has 2 atom stereocenters. The summed E-state index contributed by atoms with van der Waals surface area (Å²) in [7, 11) is -1.84. The van der Waals surface area contributed by atoms with Gasteiger partial charge in [0.2, 0.25) is 10.0 Å². The monoisotopic (exact) mass is 296 g/mol. The van der Waals surface area contributed by atoms with E-state index in [-0.39, 0.29) is 12.1 Å². The Morgan fingerprint density at radius 1 is 1.35 bits per heavy atom. The molecule has 1 aliphatic heterocycles. The maximum Gasteiger partial charge on any atom is 0.240 e. The number of rotatable bonds is 4. The van der Waals surface area contributed by atoms with Crippen LogP contribution in [-0.2, 0) is 21.2 Å². The van der Waals surface area contributed by atoms with Crippen LogP contribution in [-0.4, -0.2) is 34.2 Å². The maximum absolute atomic E-state index is 12.5. The average molecular weight is 296 g/mol. The standard InChI is InChI=1S/C14H20N2O3S/c1-19-14-4-2-3-12(14)16-20(17,18)11-6-5-10-7-8-15-13(10)9-11/h5-6,9,12,14-16H,2-4,7-8H2,1H3. The summed E-state index contributed by atoms with van der Waals surface area (Å²) >= 11 is 0. The van der Waals surface area contributed by atoms with Gasteiger partial charge in [-0.1, -0.05) is 6.07 Å². The summed E-state index contributed by atoms with van der Waals surface area (Å²) in [6, 6.07) is 5.19. The maximum atomic E-state index is 12.5. The first-order valence-electron chi connectivity index (χ1n) is 7.02. The minimum atomic E-state index is -3.48. The molecule has 110 valence electrons. The largest absolute Gasteiger partial charge is 0.384 e. The van der Waals surface area contributed by atoms with Crippen LogP contribution in [0.5, 0.6) is 0 Å². The fourth-order valence-electron chi connectivity index (χ4n) is 3.05. The van der Waals surface area contributed by atoms with Gasteiger partial charge in [0, 0.05) is 25.4 Å². The lowest BCUT2D eigenvalue weighted by atomic mass is 10.2. The highest BCUT2D eigenvalue weighted by Crippen LogP contribution is 2.27. The summed E-state index contributed by atoms with van der Waals surface area (Å²) in [5.41, 5.74) is 2.11. The number of ether oxygens (including phenoxy) is 1. The van der Waals surface area contributed by atoms with Gasteiger partial charge in [0.05, 0.1) is 11.0 Å². The highest BCUT2D eigenvalue weighted by atomic mass is 32.2. The van der Waals surface area contributed by atoms with Crippen LogP contribution < -0.4 is 10.0 Å². The fourth-order valence-corrected chi connectivity index (χ4v) is 4.37. The quantitative estimate of drug-likeness (QED) is 0.883. The lowest BCUT2D eigenvalue weighted by Gasteiger charge is -2.19. The molecule has 3 rings (SSSR count). The van der Waals surface area contributed by atoms with Crippen LogP contribution in [0.4, 0.5) is 5.69 Å². The Hall–Kier alpha value is -1.11. The second-order valence-electron chi connectivity index (χ2n) is 5.43. The van der Waals surface area contributed by atoms with Gasteiger partial charge in [-0.05, 0) is 43.4 Å². The third kappa shape index (κ3) is 2.55. The number of sulfonamides is 1. The van der Waals surface area contributed by atoms with Crippen molar-refractivity contribution in [1.82, 2.24) is 4.72 Å². The topological polar surface area (TPSA) is 67.4 Å². The van der Waals surface area contributed by atoms with Crippen molar-refractivity contribution < 1.29 is 13.2 Å². The summed E-state index contributed by atoms with van der Waals surface area (Å²) in [6.07, 6.45) is 3.68. The Balaban J connectivity index is 1.81. The first-order valence-corrected chi connectivity index (χ1v) is 8.50. The van der Waals surface area contributed by atoms with Gasteiger partial charge in [0.25, 0.3) is 0 Å². The van der Waals surface area contributed by atoms with E-state index in [0.29, 0.717) is 4.90 Å². The Labute approximate surface area is 119 Å². The van der Waals surface area contributed by atoms with Crippen LogP contribution in [0, 0.1) is 0 Å². The van der Waals surface area contributed by atoms with Crippen LogP contribution in [0.3, 0.4) is 0 Å². The molecule has 1 aromatic rings. The predicted octanol–water partition coefficient (Wildman–Crippen LogP) is 1.50. The highest BCUT2D eigenvalue weighted by molar-refractivity contribution is 7.89. The van der Waals surface area contributed by atoms with Crippen LogP contribution in [0.2, 0.25) is 0 Å². The van der Waals surface area contributed by atoms with E-state index in [2.05, 4.69) is 10.0 Å². The van der Waals surface area contributed by atoms with Crippen molar-refractivity contribution >= 4 is 15.7 Å². The van der Waals surface area contributed by atoms with Crippen molar-refractivity contribution in [2.75, 3.05) is 19.0 Å².